The Morgan fingerprint density at radius 3 is 2.67 bits per heavy atom. The molecule has 1 fully saturated rings. The monoisotopic (exact) mass is 329 g/mol. The molecule has 1 aromatic heterocycles. The number of benzene rings is 1. The summed E-state index contributed by atoms with van der Waals surface area (Å²) in [7, 11) is 1.57. The maximum Gasteiger partial charge on any atom is 0.248 e. The van der Waals surface area contributed by atoms with E-state index in [9.17, 15) is 4.79 Å². The molecule has 1 aliphatic rings. The Hall–Kier alpha value is -1.88. The smallest absolute Gasteiger partial charge is 0.248 e. The molecule has 5 nitrogen and oxygen atoms in total. The lowest BCUT2D eigenvalue weighted by atomic mass is 10.0. The lowest BCUT2D eigenvalue weighted by Gasteiger charge is -2.33. The molecule has 0 saturated carbocycles. The molecule has 2 aromatic rings. The summed E-state index contributed by atoms with van der Waals surface area (Å²) in [5, 5.41) is 0. The number of amides is 1. The molecular weight excluding hydrogens is 302 g/mol. The van der Waals surface area contributed by atoms with Crippen molar-refractivity contribution >= 4 is 16.9 Å². The van der Waals surface area contributed by atoms with Gasteiger partial charge >= 0.3 is 0 Å². The summed E-state index contributed by atoms with van der Waals surface area (Å²) in [6, 6.07) is 6.99. The Balaban J connectivity index is 1.84. The number of piperidine rings is 1. The zero-order valence-corrected chi connectivity index (χ0v) is 15.1. The topological polar surface area (TPSA) is 47.4 Å². The Kier molecular flexibility index (Phi) is 4.90. The molecule has 24 heavy (non-hydrogen) atoms. The second kappa shape index (κ2) is 6.93. The van der Waals surface area contributed by atoms with Crippen LogP contribution in [0.1, 0.15) is 50.0 Å². The van der Waals surface area contributed by atoms with Gasteiger partial charge in [0, 0.05) is 26.2 Å². The van der Waals surface area contributed by atoms with Gasteiger partial charge in [-0.25, -0.2) is 4.98 Å². The van der Waals surface area contributed by atoms with Crippen LogP contribution in [-0.2, 0) is 9.53 Å². The van der Waals surface area contributed by atoms with Crippen LogP contribution in [0.15, 0.2) is 18.2 Å². The van der Waals surface area contributed by atoms with Gasteiger partial charge in [-0.15, -0.1) is 0 Å². The van der Waals surface area contributed by atoms with E-state index in [4.69, 9.17) is 9.72 Å². The van der Waals surface area contributed by atoms with Gasteiger partial charge in [-0.05, 0) is 43.4 Å². The van der Waals surface area contributed by atoms with Crippen LogP contribution < -0.4 is 0 Å². The van der Waals surface area contributed by atoms with Crippen LogP contribution in [0, 0.1) is 6.92 Å². The third-order valence-electron chi connectivity index (χ3n) is 5.01. The fraction of sp³-hybridized carbons (Fsp3) is 0.579. The zero-order chi connectivity index (χ0) is 17.3. The number of ether oxygens (including phenoxy) is 1. The number of imidazole rings is 1. The van der Waals surface area contributed by atoms with Crippen molar-refractivity contribution in [3.63, 3.8) is 0 Å². The largest absolute Gasteiger partial charge is 0.375 e. The number of carbonyl (C=O) groups excluding carboxylic acids is 1. The first-order chi connectivity index (χ1) is 11.5. The van der Waals surface area contributed by atoms with Crippen molar-refractivity contribution in [1.82, 2.24) is 14.5 Å². The van der Waals surface area contributed by atoms with Crippen LogP contribution in [0.5, 0.6) is 0 Å². The van der Waals surface area contributed by atoms with Crippen LogP contribution in [0.3, 0.4) is 0 Å². The predicted octanol–water partition coefficient (Wildman–Crippen LogP) is 3.28. The van der Waals surface area contributed by atoms with Gasteiger partial charge < -0.3 is 14.2 Å². The van der Waals surface area contributed by atoms with Gasteiger partial charge in [0.15, 0.2) is 0 Å². The second-order valence-corrected chi connectivity index (χ2v) is 6.98. The van der Waals surface area contributed by atoms with E-state index in [-0.39, 0.29) is 12.5 Å². The highest BCUT2D eigenvalue weighted by Crippen LogP contribution is 2.30. The van der Waals surface area contributed by atoms with Crippen molar-refractivity contribution in [2.45, 2.75) is 45.6 Å². The summed E-state index contributed by atoms with van der Waals surface area (Å²) >= 11 is 0. The minimum Gasteiger partial charge on any atom is -0.375 e. The summed E-state index contributed by atoms with van der Waals surface area (Å²) in [6.45, 7) is 8.27. The Labute approximate surface area is 143 Å². The van der Waals surface area contributed by atoms with Gasteiger partial charge in [-0.1, -0.05) is 19.9 Å². The fourth-order valence-electron chi connectivity index (χ4n) is 3.64. The van der Waals surface area contributed by atoms with E-state index in [1.807, 2.05) is 4.90 Å². The molecule has 2 heterocycles. The molecule has 0 spiro atoms. The molecule has 1 aliphatic heterocycles. The first-order valence-corrected chi connectivity index (χ1v) is 8.76. The highest BCUT2D eigenvalue weighted by atomic mass is 16.5. The van der Waals surface area contributed by atoms with E-state index in [0.717, 1.165) is 37.3 Å². The molecule has 130 valence electrons. The average Bonchev–Trinajstić information content (AvgIpc) is 2.90. The van der Waals surface area contributed by atoms with E-state index in [2.05, 4.69) is 43.5 Å². The lowest BCUT2D eigenvalue weighted by molar-refractivity contribution is -0.136. The van der Waals surface area contributed by atoms with Gasteiger partial charge in [-0.3, -0.25) is 4.79 Å². The number of fused-ring (bicyclic) bond motifs is 1. The Morgan fingerprint density at radius 2 is 2.04 bits per heavy atom. The second-order valence-electron chi connectivity index (χ2n) is 6.98. The number of aromatic nitrogens is 2. The number of nitrogens with zero attached hydrogens (tertiary/aromatic N) is 3. The summed E-state index contributed by atoms with van der Waals surface area (Å²) in [5.41, 5.74) is 3.63. The zero-order valence-electron chi connectivity index (χ0n) is 15.1. The first kappa shape index (κ1) is 17.0. The molecule has 0 N–H and O–H groups in total. The van der Waals surface area contributed by atoms with Gasteiger partial charge in [0.05, 0.1) is 11.0 Å². The number of hydrogen-bond donors (Lipinski definition) is 0. The van der Waals surface area contributed by atoms with E-state index in [0.29, 0.717) is 12.0 Å². The SMILES string of the molecule is COCC(=O)N1CCC(n2c(C)nc3ccc(C(C)C)cc32)CC1. The number of likely N-dealkylation sites (tertiary alicyclic amines) is 1. The molecule has 0 radical (unpaired) electrons. The maximum absolute atomic E-state index is 12.0. The van der Waals surface area contributed by atoms with E-state index < -0.39 is 0 Å². The van der Waals surface area contributed by atoms with E-state index in [1.54, 1.807) is 7.11 Å². The molecule has 1 amide bonds. The average molecular weight is 329 g/mol. The number of aryl methyl sites for hydroxylation is 1. The fourth-order valence-corrected chi connectivity index (χ4v) is 3.64. The number of carbonyl (C=O) groups is 1. The van der Waals surface area contributed by atoms with E-state index >= 15 is 0 Å². The van der Waals surface area contributed by atoms with Crippen molar-refractivity contribution in [3.05, 3.63) is 29.6 Å². The third-order valence-corrected chi connectivity index (χ3v) is 5.01. The van der Waals surface area contributed by atoms with Crippen LogP contribution in [-0.4, -0.2) is 47.2 Å². The Morgan fingerprint density at radius 1 is 1.33 bits per heavy atom. The van der Waals surface area contributed by atoms with Crippen molar-refractivity contribution in [2.75, 3.05) is 26.8 Å². The van der Waals surface area contributed by atoms with Gasteiger partial charge in [0.25, 0.3) is 0 Å². The highest BCUT2D eigenvalue weighted by molar-refractivity contribution is 5.78. The number of methoxy groups -OCH3 is 1. The Bertz CT molecular complexity index is 728. The highest BCUT2D eigenvalue weighted by Gasteiger charge is 2.25. The standard InChI is InChI=1S/C19H27N3O2/c1-13(2)15-5-6-17-18(11-15)22(14(3)20-17)16-7-9-21(10-8-16)19(23)12-24-4/h5-6,11,13,16H,7-10,12H2,1-4H3. The third kappa shape index (κ3) is 3.18. The van der Waals surface area contributed by atoms with Gasteiger partial charge in [0.2, 0.25) is 5.91 Å². The summed E-state index contributed by atoms with van der Waals surface area (Å²) < 4.78 is 7.34. The maximum atomic E-state index is 12.0. The van der Waals surface area contributed by atoms with Crippen molar-refractivity contribution in [3.8, 4) is 0 Å². The van der Waals surface area contributed by atoms with Crippen LogP contribution in [0.4, 0.5) is 0 Å². The van der Waals surface area contributed by atoms with Crippen molar-refractivity contribution in [2.24, 2.45) is 0 Å². The summed E-state index contributed by atoms with van der Waals surface area (Å²) in [4.78, 5) is 18.6. The van der Waals surface area contributed by atoms with Crippen molar-refractivity contribution < 1.29 is 9.53 Å². The summed E-state index contributed by atoms with van der Waals surface area (Å²) in [5.74, 6) is 1.66. The van der Waals surface area contributed by atoms with Gasteiger partial charge in [-0.2, -0.15) is 0 Å². The first-order valence-electron chi connectivity index (χ1n) is 8.76. The molecule has 1 aromatic carbocycles. The van der Waals surface area contributed by atoms with Crippen LogP contribution in [0.25, 0.3) is 11.0 Å². The van der Waals surface area contributed by atoms with Crippen LogP contribution >= 0.6 is 0 Å². The molecule has 1 saturated heterocycles. The number of rotatable bonds is 4. The molecule has 0 bridgehead atoms. The molecule has 0 unspecified atom stereocenters. The quantitative estimate of drug-likeness (QED) is 0.865. The van der Waals surface area contributed by atoms with Gasteiger partial charge in [0.1, 0.15) is 12.4 Å². The molecule has 0 aliphatic carbocycles. The van der Waals surface area contributed by atoms with E-state index in [1.165, 1.54) is 11.1 Å². The molecule has 0 atom stereocenters. The molecule has 3 rings (SSSR count). The van der Waals surface area contributed by atoms with Crippen molar-refractivity contribution in [1.29, 1.82) is 0 Å². The summed E-state index contributed by atoms with van der Waals surface area (Å²) in [6.07, 6.45) is 1.93. The minimum absolute atomic E-state index is 0.0882. The molecule has 5 heteroatoms. The predicted molar refractivity (Wildman–Crippen MR) is 95.3 cm³/mol. The molecular formula is C19H27N3O2. The minimum atomic E-state index is 0.0882. The number of hydrogen-bond acceptors (Lipinski definition) is 3. The van der Waals surface area contributed by atoms with Crippen LogP contribution in [0.2, 0.25) is 0 Å². The normalized spacial score (nSPS) is 16.3. The lowest BCUT2D eigenvalue weighted by Crippen LogP contribution is -2.40.